The summed E-state index contributed by atoms with van der Waals surface area (Å²) < 4.78 is 0.917. The maximum Gasteiger partial charge on any atom is 0.244 e. The van der Waals surface area contributed by atoms with Crippen LogP contribution in [0, 0.1) is 0 Å². The van der Waals surface area contributed by atoms with Gasteiger partial charge in [0.1, 0.15) is 11.0 Å². The largest absolute Gasteiger partial charge is 0.389 e. The van der Waals surface area contributed by atoms with Gasteiger partial charge in [-0.05, 0) is 38.0 Å². The first kappa shape index (κ1) is 15.3. The first-order valence-corrected chi connectivity index (χ1v) is 7.84. The zero-order valence-electron chi connectivity index (χ0n) is 11.4. The van der Waals surface area contributed by atoms with Crippen molar-refractivity contribution in [2.75, 3.05) is 18.4 Å². The lowest BCUT2D eigenvalue weighted by atomic mass is 10.1. The number of anilines is 1. The van der Waals surface area contributed by atoms with E-state index < -0.39 is 0 Å². The van der Waals surface area contributed by atoms with E-state index in [9.17, 15) is 4.79 Å². The molecular weight excluding hydrogens is 338 g/mol. The monoisotopic (exact) mass is 355 g/mol. The number of carbonyl (C=O) groups excluding carboxylic acids is 1. The lowest BCUT2D eigenvalue weighted by Gasteiger charge is -2.23. The van der Waals surface area contributed by atoms with Gasteiger partial charge in [0, 0.05) is 28.8 Å². The van der Waals surface area contributed by atoms with E-state index >= 15 is 0 Å². The third-order valence-electron chi connectivity index (χ3n) is 3.41. The molecule has 1 atom stereocenters. The number of halogens is 1. The molecule has 1 amide bonds. The Labute approximate surface area is 132 Å². The standard InChI is InChI=1S/C14H18BrN3OS/c1-9(14(19)18-6-2-3-7-18)17-12-8-10(15)4-5-11(12)13(16)20/h4-5,8-9,17H,2-3,6-7H2,1H3,(H2,16,20). The van der Waals surface area contributed by atoms with Crippen molar-refractivity contribution in [3.05, 3.63) is 28.2 Å². The number of hydrogen-bond donors (Lipinski definition) is 2. The molecule has 0 saturated carbocycles. The first-order valence-electron chi connectivity index (χ1n) is 6.63. The summed E-state index contributed by atoms with van der Waals surface area (Å²) in [5.74, 6) is 0.122. The summed E-state index contributed by atoms with van der Waals surface area (Å²) in [6.45, 7) is 3.57. The van der Waals surface area contributed by atoms with Gasteiger partial charge in [-0.2, -0.15) is 0 Å². The lowest BCUT2D eigenvalue weighted by Crippen LogP contribution is -2.40. The SMILES string of the molecule is CC(Nc1cc(Br)ccc1C(N)=S)C(=O)N1CCCC1. The highest BCUT2D eigenvalue weighted by molar-refractivity contribution is 9.10. The van der Waals surface area contributed by atoms with Crippen molar-refractivity contribution in [3.8, 4) is 0 Å². The molecule has 0 aliphatic carbocycles. The Morgan fingerprint density at radius 2 is 2.10 bits per heavy atom. The second-order valence-corrected chi connectivity index (χ2v) is 6.31. The number of thiocarbonyl (C=S) groups is 1. The molecule has 1 aliphatic rings. The molecule has 1 aromatic carbocycles. The highest BCUT2D eigenvalue weighted by Gasteiger charge is 2.23. The molecule has 0 spiro atoms. The van der Waals surface area contributed by atoms with Gasteiger partial charge in [-0.25, -0.2) is 0 Å². The van der Waals surface area contributed by atoms with Crippen LogP contribution in [0.25, 0.3) is 0 Å². The van der Waals surface area contributed by atoms with Gasteiger partial charge < -0.3 is 16.0 Å². The molecule has 20 heavy (non-hydrogen) atoms. The van der Waals surface area contributed by atoms with Gasteiger partial charge in [0.2, 0.25) is 5.91 Å². The number of likely N-dealkylation sites (tertiary alicyclic amines) is 1. The number of rotatable bonds is 4. The molecule has 108 valence electrons. The maximum absolute atomic E-state index is 12.3. The van der Waals surface area contributed by atoms with Gasteiger partial charge in [0.15, 0.2) is 0 Å². The fraction of sp³-hybridized carbons (Fsp3) is 0.429. The molecule has 6 heteroatoms. The Bertz CT molecular complexity index is 529. The zero-order chi connectivity index (χ0) is 14.7. The molecule has 1 aromatic rings. The van der Waals surface area contributed by atoms with Crippen LogP contribution in [0.4, 0.5) is 5.69 Å². The van der Waals surface area contributed by atoms with Gasteiger partial charge in [-0.1, -0.05) is 28.1 Å². The topological polar surface area (TPSA) is 58.4 Å². The summed E-state index contributed by atoms with van der Waals surface area (Å²) in [4.78, 5) is 14.5. The Hall–Kier alpha value is -1.14. The van der Waals surface area contributed by atoms with Crippen LogP contribution < -0.4 is 11.1 Å². The van der Waals surface area contributed by atoms with E-state index in [-0.39, 0.29) is 11.9 Å². The van der Waals surface area contributed by atoms with E-state index in [1.54, 1.807) is 0 Å². The van der Waals surface area contributed by atoms with Crippen LogP contribution in [0.3, 0.4) is 0 Å². The minimum atomic E-state index is -0.296. The van der Waals surface area contributed by atoms with Crippen molar-refractivity contribution >= 4 is 44.7 Å². The van der Waals surface area contributed by atoms with Gasteiger partial charge >= 0.3 is 0 Å². The predicted molar refractivity (Wildman–Crippen MR) is 88.9 cm³/mol. The number of carbonyl (C=O) groups is 1. The van der Waals surface area contributed by atoms with Gasteiger partial charge in [-0.15, -0.1) is 0 Å². The summed E-state index contributed by atoms with van der Waals surface area (Å²) in [6, 6.07) is 5.33. The number of amides is 1. The lowest BCUT2D eigenvalue weighted by molar-refractivity contribution is -0.130. The molecule has 3 N–H and O–H groups in total. The number of hydrogen-bond acceptors (Lipinski definition) is 3. The van der Waals surface area contributed by atoms with E-state index in [4.69, 9.17) is 18.0 Å². The average Bonchev–Trinajstić information content (AvgIpc) is 2.91. The van der Waals surface area contributed by atoms with Crippen LogP contribution in [0.15, 0.2) is 22.7 Å². The summed E-state index contributed by atoms with van der Waals surface area (Å²) in [7, 11) is 0. The molecule has 4 nitrogen and oxygen atoms in total. The van der Waals surface area contributed by atoms with Crippen molar-refractivity contribution in [3.63, 3.8) is 0 Å². The van der Waals surface area contributed by atoms with Crippen molar-refractivity contribution < 1.29 is 4.79 Å². The second kappa shape index (κ2) is 6.54. The maximum atomic E-state index is 12.3. The van der Waals surface area contributed by atoms with Crippen LogP contribution in [0.2, 0.25) is 0 Å². The molecule has 1 saturated heterocycles. The summed E-state index contributed by atoms with van der Waals surface area (Å²) in [5.41, 5.74) is 7.26. The fourth-order valence-electron chi connectivity index (χ4n) is 2.36. The number of nitrogens with zero attached hydrogens (tertiary/aromatic N) is 1. The average molecular weight is 356 g/mol. The third kappa shape index (κ3) is 3.49. The number of nitrogens with two attached hydrogens (primary N) is 1. The van der Waals surface area contributed by atoms with Crippen LogP contribution in [-0.2, 0) is 4.79 Å². The molecule has 1 fully saturated rings. The van der Waals surface area contributed by atoms with Crippen molar-refractivity contribution in [2.45, 2.75) is 25.8 Å². The van der Waals surface area contributed by atoms with Crippen LogP contribution >= 0.6 is 28.1 Å². The third-order valence-corrected chi connectivity index (χ3v) is 4.12. The number of nitrogens with one attached hydrogen (secondary N) is 1. The molecular formula is C14H18BrN3OS. The van der Waals surface area contributed by atoms with E-state index in [2.05, 4.69) is 21.2 Å². The summed E-state index contributed by atoms with van der Waals surface area (Å²) in [6.07, 6.45) is 2.18. The Morgan fingerprint density at radius 1 is 1.45 bits per heavy atom. The molecule has 1 unspecified atom stereocenters. The Morgan fingerprint density at radius 3 is 2.70 bits per heavy atom. The van der Waals surface area contributed by atoms with Crippen molar-refractivity contribution in [2.24, 2.45) is 5.73 Å². The smallest absolute Gasteiger partial charge is 0.244 e. The van der Waals surface area contributed by atoms with Gasteiger partial charge in [0.05, 0.1) is 0 Å². The molecule has 1 aliphatic heterocycles. The molecule has 2 rings (SSSR count). The quantitative estimate of drug-likeness (QED) is 0.814. The normalized spacial score (nSPS) is 16.0. The second-order valence-electron chi connectivity index (χ2n) is 4.95. The molecule has 0 radical (unpaired) electrons. The van der Waals surface area contributed by atoms with Crippen molar-refractivity contribution in [1.29, 1.82) is 0 Å². The summed E-state index contributed by atoms with van der Waals surface area (Å²) in [5, 5.41) is 3.22. The van der Waals surface area contributed by atoms with Crippen LogP contribution in [0.1, 0.15) is 25.3 Å². The van der Waals surface area contributed by atoms with Crippen LogP contribution in [-0.4, -0.2) is 34.9 Å². The van der Waals surface area contributed by atoms with Gasteiger partial charge in [-0.3, -0.25) is 4.79 Å². The fourth-order valence-corrected chi connectivity index (χ4v) is 2.90. The molecule has 0 bridgehead atoms. The Kier molecular flexibility index (Phi) is 4.99. The molecule has 0 aromatic heterocycles. The summed E-state index contributed by atoms with van der Waals surface area (Å²) >= 11 is 8.46. The van der Waals surface area contributed by atoms with Crippen molar-refractivity contribution in [1.82, 2.24) is 4.90 Å². The van der Waals surface area contributed by atoms with Gasteiger partial charge in [0.25, 0.3) is 0 Å². The minimum Gasteiger partial charge on any atom is -0.389 e. The van der Waals surface area contributed by atoms with E-state index in [0.717, 1.165) is 41.7 Å². The Balaban J connectivity index is 2.14. The minimum absolute atomic E-state index is 0.122. The van der Waals surface area contributed by atoms with E-state index in [1.165, 1.54) is 0 Å². The van der Waals surface area contributed by atoms with E-state index in [1.807, 2.05) is 30.0 Å². The highest BCUT2D eigenvalue weighted by Crippen LogP contribution is 2.23. The number of benzene rings is 1. The zero-order valence-corrected chi connectivity index (χ0v) is 13.8. The highest BCUT2D eigenvalue weighted by atomic mass is 79.9. The first-order chi connectivity index (χ1) is 9.49. The molecule has 1 heterocycles. The van der Waals surface area contributed by atoms with Crippen LogP contribution in [0.5, 0.6) is 0 Å². The predicted octanol–water partition coefficient (Wildman–Crippen LogP) is 2.51. The van der Waals surface area contributed by atoms with E-state index in [0.29, 0.717) is 4.99 Å².